The van der Waals surface area contributed by atoms with Crippen molar-refractivity contribution in [2.75, 3.05) is 0 Å². The van der Waals surface area contributed by atoms with E-state index in [9.17, 15) is 0 Å². The second-order valence-electron chi connectivity index (χ2n) is 3.91. The molecule has 0 saturated carbocycles. The maximum absolute atomic E-state index is 6.19. The molecule has 0 spiro atoms. The quantitative estimate of drug-likeness (QED) is 0.782. The van der Waals surface area contributed by atoms with E-state index in [1.165, 1.54) is 0 Å². The van der Waals surface area contributed by atoms with Crippen LogP contribution < -0.4 is 0 Å². The molecule has 2 aromatic carbocycles. The molecule has 3 rings (SSSR count). The van der Waals surface area contributed by atoms with Crippen LogP contribution in [0, 0.1) is 0 Å². The van der Waals surface area contributed by atoms with Gasteiger partial charge in [-0.2, -0.15) is 10.3 Å². The third kappa shape index (κ3) is 2.80. The zero-order valence-corrected chi connectivity index (χ0v) is 11.4. The number of rotatable bonds is 3. The summed E-state index contributed by atoms with van der Waals surface area (Å²) in [4.78, 5) is 1.12. The van der Waals surface area contributed by atoms with Crippen molar-refractivity contribution in [1.29, 1.82) is 0 Å². The number of H-pyrrole nitrogens is 1. The molecule has 3 aromatic rings. The third-order valence-corrected chi connectivity index (χ3v) is 3.90. The Morgan fingerprint density at radius 3 is 2.47 bits per heavy atom. The van der Waals surface area contributed by atoms with Gasteiger partial charge in [0.1, 0.15) is 5.03 Å². The van der Waals surface area contributed by atoms with Crippen LogP contribution >= 0.6 is 23.4 Å². The summed E-state index contributed by atoms with van der Waals surface area (Å²) in [6.45, 7) is 0. The molecule has 1 N–H and O–H groups in total. The highest BCUT2D eigenvalue weighted by molar-refractivity contribution is 7.99. The molecule has 0 saturated heterocycles. The molecule has 0 unspecified atom stereocenters. The SMILES string of the molecule is Clc1ccccc1-c1ccc(Sc2cn[nH]n2)cc1. The Morgan fingerprint density at radius 2 is 1.79 bits per heavy atom. The van der Waals surface area contributed by atoms with Crippen LogP contribution in [-0.4, -0.2) is 15.4 Å². The van der Waals surface area contributed by atoms with E-state index in [2.05, 4.69) is 39.7 Å². The molecule has 94 valence electrons. The largest absolute Gasteiger partial charge is 0.197 e. The number of nitrogens with one attached hydrogen (secondary N) is 1. The topological polar surface area (TPSA) is 41.6 Å². The molecule has 0 aliphatic carbocycles. The van der Waals surface area contributed by atoms with E-state index in [4.69, 9.17) is 11.6 Å². The van der Waals surface area contributed by atoms with Crippen LogP contribution in [0.1, 0.15) is 0 Å². The second kappa shape index (κ2) is 5.47. The number of halogens is 1. The van der Waals surface area contributed by atoms with Crippen molar-refractivity contribution < 1.29 is 0 Å². The van der Waals surface area contributed by atoms with Crippen LogP contribution in [0.15, 0.2) is 64.6 Å². The molecule has 0 radical (unpaired) electrons. The smallest absolute Gasteiger partial charge is 0.143 e. The van der Waals surface area contributed by atoms with Gasteiger partial charge in [-0.15, -0.1) is 5.10 Å². The fourth-order valence-electron chi connectivity index (χ4n) is 1.76. The van der Waals surface area contributed by atoms with E-state index in [0.29, 0.717) is 0 Å². The van der Waals surface area contributed by atoms with Gasteiger partial charge in [0.2, 0.25) is 0 Å². The van der Waals surface area contributed by atoms with Gasteiger partial charge in [0, 0.05) is 15.5 Å². The second-order valence-corrected chi connectivity index (χ2v) is 5.42. The fraction of sp³-hybridized carbons (Fsp3) is 0. The fourth-order valence-corrected chi connectivity index (χ4v) is 2.71. The van der Waals surface area contributed by atoms with Gasteiger partial charge in [-0.05, 0) is 23.8 Å². The van der Waals surface area contributed by atoms with E-state index < -0.39 is 0 Å². The number of hydrogen-bond acceptors (Lipinski definition) is 3. The lowest BCUT2D eigenvalue weighted by Gasteiger charge is -2.05. The van der Waals surface area contributed by atoms with Crippen LogP contribution in [0.4, 0.5) is 0 Å². The first kappa shape index (κ1) is 12.3. The lowest BCUT2D eigenvalue weighted by atomic mass is 10.1. The molecule has 3 nitrogen and oxygen atoms in total. The lowest BCUT2D eigenvalue weighted by Crippen LogP contribution is -1.80. The normalized spacial score (nSPS) is 10.6. The Morgan fingerprint density at radius 1 is 1.00 bits per heavy atom. The van der Waals surface area contributed by atoms with Gasteiger partial charge < -0.3 is 0 Å². The summed E-state index contributed by atoms with van der Waals surface area (Å²) >= 11 is 7.75. The summed E-state index contributed by atoms with van der Waals surface area (Å²) in [5, 5.41) is 12.0. The highest BCUT2D eigenvalue weighted by atomic mass is 35.5. The standard InChI is InChI=1S/C14H10ClN3S/c15-13-4-2-1-3-12(13)10-5-7-11(8-6-10)19-14-9-16-18-17-14/h1-9H,(H,16,17,18). The Hall–Kier alpha value is -1.78. The highest BCUT2D eigenvalue weighted by Crippen LogP contribution is 2.31. The molecule has 0 atom stereocenters. The summed E-state index contributed by atoms with van der Waals surface area (Å²) in [6.07, 6.45) is 1.70. The third-order valence-electron chi connectivity index (χ3n) is 2.65. The van der Waals surface area contributed by atoms with E-state index in [0.717, 1.165) is 26.1 Å². The summed E-state index contributed by atoms with van der Waals surface area (Å²) in [5.74, 6) is 0. The van der Waals surface area contributed by atoms with Crippen molar-refractivity contribution in [3.63, 3.8) is 0 Å². The van der Waals surface area contributed by atoms with Crippen LogP contribution in [0.2, 0.25) is 5.02 Å². The molecule has 0 bridgehead atoms. The van der Waals surface area contributed by atoms with Crippen molar-refractivity contribution in [2.24, 2.45) is 0 Å². The highest BCUT2D eigenvalue weighted by Gasteiger charge is 2.04. The van der Waals surface area contributed by atoms with E-state index >= 15 is 0 Å². The van der Waals surface area contributed by atoms with Gasteiger partial charge in [0.25, 0.3) is 0 Å². The minimum atomic E-state index is 0.763. The number of aromatic amines is 1. The van der Waals surface area contributed by atoms with Gasteiger partial charge in [0.05, 0.1) is 6.20 Å². The maximum Gasteiger partial charge on any atom is 0.143 e. The molecule has 0 fully saturated rings. The number of nitrogens with zero attached hydrogens (tertiary/aromatic N) is 2. The zero-order valence-electron chi connectivity index (χ0n) is 9.88. The van der Waals surface area contributed by atoms with Gasteiger partial charge in [-0.1, -0.05) is 53.7 Å². The monoisotopic (exact) mass is 287 g/mol. The van der Waals surface area contributed by atoms with E-state index in [1.54, 1.807) is 18.0 Å². The molecule has 1 heterocycles. The first-order chi connectivity index (χ1) is 9.33. The van der Waals surface area contributed by atoms with Crippen LogP contribution in [0.25, 0.3) is 11.1 Å². The van der Waals surface area contributed by atoms with E-state index in [1.807, 2.05) is 24.3 Å². The van der Waals surface area contributed by atoms with Crippen molar-refractivity contribution in [3.05, 3.63) is 59.8 Å². The molecule has 5 heteroatoms. The van der Waals surface area contributed by atoms with Crippen molar-refractivity contribution in [1.82, 2.24) is 15.4 Å². The van der Waals surface area contributed by atoms with Gasteiger partial charge in [-0.25, -0.2) is 0 Å². The Kier molecular flexibility index (Phi) is 3.53. The van der Waals surface area contributed by atoms with Gasteiger partial charge in [0.15, 0.2) is 0 Å². The van der Waals surface area contributed by atoms with Gasteiger partial charge in [-0.3, -0.25) is 0 Å². The molecule has 0 amide bonds. The Labute approximate surface area is 120 Å². The zero-order chi connectivity index (χ0) is 13.1. The summed E-state index contributed by atoms with van der Waals surface area (Å²) in [7, 11) is 0. The average Bonchev–Trinajstić information content (AvgIpc) is 2.93. The minimum Gasteiger partial charge on any atom is -0.197 e. The van der Waals surface area contributed by atoms with Gasteiger partial charge >= 0.3 is 0 Å². The predicted molar refractivity (Wildman–Crippen MR) is 77.4 cm³/mol. The number of aromatic nitrogens is 3. The number of benzene rings is 2. The van der Waals surface area contributed by atoms with Crippen LogP contribution in [-0.2, 0) is 0 Å². The molecule has 19 heavy (non-hydrogen) atoms. The van der Waals surface area contributed by atoms with Crippen molar-refractivity contribution in [3.8, 4) is 11.1 Å². The first-order valence-electron chi connectivity index (χ1n) is 5.71. The lowest BCUT2D eigenvalue weighted by molar-refractivity contribution is 0.911. The molecule has 0 aliphatic heterocycles. The summed E-state index contributed by atoms with van der Waals surface area (Å²) in [5.41, 5.74) is 2.15. The molecular weight excluding hydrogens is 278 g/mol. The summed E-state index contributed by atoms with van der Waals surface area (Å²) < 4.78 is 0. The average molecular weight is 288 g/mol. The van der Waals surface area contributed by atoms with Crippen molar-refractivity contribution >= 4 is 23.4 Å². The molecular formula is C14H10ClN3S. The maximum atomic E-state index is 6.19. The molecule has 1 aromatic heterocycles. The molecule has 0 aliphatic rings. The number of hydrogen-bond donors (Lipinski definition) is 1. The summed E-state index contributed by atoms with van der Waals surface area (Å²) in [6, 6.07) is 16.1. The first-order valence-corrected chi connectivity index (χ1v) is 6.91. The Bertz CT molecular complexity index is 665. The Balaban J connectivity index is 1.85. The van der Waals surface area contributed by atoms with Crippen LogP contribution in [0.3, 0.4) is 0 Å². The minimum absolute atomic E-state index is 0.763. The predicted octanol–water partition coefficient (Wildman–Crippen LogP) is 4.28. The van der Waals surface area contributed by atoms with Crippen LogP contribution in [0.5, 0.6) is 0 Å². The van der Waals surface area contributed by atoms with Crippen molar-refractivity contribution in [2.45, 2.75) is 9.92 Å². The van der Waals surface area contributed by atoms with E-state index in [-0.39, 0.29) is 0 Å².